The molecule has 0 unspecified atom stereocenters. The Labute approximate surface area is 159 Å². The average Bonchev–Trinajstić information content (AvgIpc) is 2.64. The Balaban J connectivity index is 1.95. The molecule has 0 heterocycles. The maximum Gasteiger partial charge on any atom is 0.333 e. The molecule has 0 bridgehead atoms. The lowest BCUT2D eigenvalue weighted by Gasteiger charge is -2.07. The number of unbranched alkanes of at least 4 members (excludes halogenated alkanes) is 7. The molecule has 0 aliphatic carbocycles. The highest BCUT2D eigenvalue weighted by Crippen LogP contribution is 2.15. The lowest BCUT2D eigenvalue weighted by molar-refractivity contribution is -0.139. The zero-order valence-electron chi connectivity index (χ0n) is 16.7. The summed E-state index contributed by atoms with van der Waals surface area (Å²) in [6.07, 6.45) is 11.7. The van der Waals surface area contributed by atoms with E-state index in [1.54, 1.807) is 6.92 Å². The van der Waals surface area contributed by atoms with E-state index in [9.17, 15) is 4.79 Å². The standard InChI is InChI=1S/C23H36O3/c1-4-5-10-13-21-14-16-22(17-15-21)25-18-11-8-6-7-9-12-19-26-23(24)20(2)3/h14-17H,2,4-13,18-19H2,1,3H3. The van der Waals surface area contributed by atoms with Crippen molar-refractivity contribution in [2.45, 2.75) is 78.1 Å². The molecule has 1 aromatic rings. The van der Waals surface area contributed by atoms with Gasteiger partial charge in [-0.05, 0) is 50.3 Å². The number of benzene rings is 1. The predicted octanol–water partition coefficient (Wildman–Crippen LogP) is 6.26. The van der Waals surface area contributed by atoms with Gasteiger partial charge < -0.3 is 9.47 Å². The monoisotopic (exact) mass is 360 g/mol. The third-order valence-electron chi connectivity index (χ3n) is 4.38. The molecule has 0 aromatic heterocycles. The summed E-state index contributed by atoms with van der Waals surface area (Å²) in [5.41, 5.74) is 1.87. The van der Waals surface area contributed by atoms with Crippen LogP contribution in [-0.4, -0.2) is 19.2 Å². The quantitative estimate of drug-likeness (QED) is 0.210. The van der Waals surface area contributed by atoms with Crippen molar-refractivity contribution in [2.24, 2.45) is 0 Å². The van der Waals surface area contributed by atoms with Gasteiger partial charge in [0.1, 0.15) is 5.75 Å². The molecule has 1 aromatic carbocycles. The van der Waals surface area contributed by atoms with Crippen molar-refractivity contribution in [3.63, 3.8) is 0 Å². The lowest BCUT2D eigenvalue weighted by atomic mass is 10.1. The van der Waals surface area contributed by atoms with Crippen molar-refractivity contribution in [1.82, 2.24) is 0 Å². The van der Waals surface area contributed by atoms with Gasteiger partial charge in [-0.15, -0.1) is 0 Å². The van der Waals surface area contributed by atoms with E-state index in [1.807, 2.05) is 0 Å². The van der Waals surface area contributed by atoms with Crippen LogP contribution in [0.3, 0.4) is 0 Å². The van der Waals surface area contributed by atoms with Crippen LogP contribution in [0.5, 0.6) is 5.75 Å². The van der Waals surface area contributed by atoms with Crippen LogP contribution in [0.4, 0.5) is 0 Å². The normalized spacial score (nSPS) is 10.5. The summed E-state index contributed by atoms with van der Waals surface area (Å²) >= 11 is 0. The Hall–Kier alpha value is -1.77. The summed E-state index contributed by atoms with van der Waals surface area (Å²) in [4.78, 5) is 11.2. The van der Waals surface area contributed by atoms with Gasteiger partial charge in [-0.2, -0.15) is 0 Å². The van der Waals surface area contributed by atoms with Crippen LogP contribution in [-0.2, 0) is 16.0 Å². The van der Waals surface area contributed by atoms with Gasteiger partial charge in [-0.1, -0.05) is 64.2 Å². The smallest absolute Gasteiger partial charge is 0.333 e. The minimum absolute atomic E-state index is 0.281. The third-order valence-corrected chi connectivity index (χ3v) is 4.38. The zero-order chi connectivity index (χ0) is 19.0. The minimum Gasteiger partial charge on any atom is -0.494 e. The molecule has 3 heteroatoms. The molecular weight excluding hydrogens is 324 g/mol. The topological polar surface area (TPSA) is 35.5 Å². The van der Waals surface area contributed by atoms with Crippen LogP contribution >= 0.6 is 0 Å². The van der Waals surface area contributed by atoms with Gasteiger partial charge in [0.05, 0.1) is 13.2 Å². The maximum atomic E-state index is 11.2. The lowest BCUT2D eigenvalue weighted by Crippen LogP contribution is -2.06. The Kier molecular flexibility index (Phi) is 12.3. The Morgan fingerprint density at radius 3 is 2.12 bits per heavy atom. The molecule has 0 spiro atoms. The van der Waals surface area contributed by atoms with E-state index in [0.29, 0.717) is 12.2 Å². The molecule has 0 atom stereocenters. The van der Waals surface area contributed by atoms with E-state index in [-0.39, 0.29) is 5.97 Å². The summed E-state index contributed by atoms with van der Waals surface area (Å²) in [5.74, 6) is 0.694. The van der Waals surface area contributed by atoms with Crippen molar-refractivity contribution < 1.29 is 14.3 Å². The van der Waals surface area contributed by atoms with Crippen molar-refractivity contribution in [1.29, 1.82) is 0 Å². The Bertz CT molecular complexity index is 505. The first-order chi connectivity index (χ1) is 12.6. The molecule has 0 aliphatic rings. The van der Waals surface area contributed by atoms with Crippen molar-refractivity contribution in [3.8, 4) is 5.75 Å². The van der Waals surface area contributed by atoms with E-state index in [1.165, 1.54) is 50.5 Å². The van der Waals surface area contributed by atoms with Crippen molar-refractivity contribution in [2.75, 3.05) is 13.2 Å². The second kappa shape index (κ2) is 14.4. The molecule has 0 saturated carbocycles. The average molecular weight is 361 g/mol. The van der Waals surface area contributed by atoms with Gasteiger partial charge in [0.25, 0.3) is 0 Å². The van der Waals surface area contributed by atoms with Gasteiger partial charge in [-0.25, -0.2) is 4.79 Å². The van der Waals surface area contributed by atoms with E-state index < -0.39 is 0 Å². The SMILES string of the molecule is C=C(C)C(=O)OCCCCCCCCOc1ccc(CCCCC)cc1. The fraction of sp³-hybridized carbons (Fsp3) is 0.609. The van der Waals surface area contributed by atoms with Gasteiger partial charge >= 0.3 is 5.97 Å². The van der Waals surface area contributed by atoms with E-state index >= 15 is 0 Å². The van der Waals surface area contributed by atoms with E-state index in [4.69, 9.17) is 9.47 Å². The highest BCUT2D eigenvalue weighted by atomic mass is 16.5. The largest absolute Gasteiger partial charge is 0.494 e. The Morgan fingerprint density at radius 1 is 0.885 bits per heavy atom. The first kappa shape index (κ1) is 22.3. The first-order valence-electron chi connectivity index (χ1n) is 10.2. The molecule has 0 amide bonds. The van der Waals surface area contributed by atoms with E-state index in [0.717, 1.165) is 31.6 Å². The van der Waals surface area contributed by atoms with Crippen molar-refractivity contribution >= 4 is 5.97 Å². The molecular formula is C23H36O3. The molecule has 0 N–H and O–H groups in total. The number of aryl methyl sites for hydroxylation is 1. The second-order valence-corrected chi connectivity index (χ2v) is 6.99. The van der Waals surface area contributed by atoms with Crippen LogP contribution in [0.25, 0.3) is 0 Å². The fourth-order valence-corrected chi connectivity index (χ4v) is 2.72. The van der Waals surface area contributed by atoms with Crippen LogP contribution in [0, 0.1) is 0 Å². The summed E-state index contributed by atoms with van der Waals surface area (Å²) in [7, 11) is 0. The Morgan fingerprint density at radius 2 is 1.50 bits per heavy atom. The van der Waals surface area contributed by atoms with Crippen LogP contribution in [0.2, 0.25) is 0 Å². The van der Waals surface area contributed by atoms with Gasteiger partial charge in [0.15, 0.2) is 0 Å². The highest BCUT2D eigenvalue weighted by Gasteiger charge is 2.02. The number of carbonyl (C=O) groups excluding carboxylic acids is 1. The number of hydrogen-bond donors (Lipinski definition) is 0. The number of esters is 1. The molecule has 0 radical (unpaired) electrons. The van der Waals surface area contributed by atoms with Crippen LogP contribution < -0.4 is 4.74 Å². The minimum atomic E-state index is -0.281. The zero-order valence-corrected chi connectivity index (χ0v) is 16.7. The van der Waals surface area contributed by atoms with Crippen LogP contribution in [0.1, 0.15) is 77.2 Å². The molecule has 146 valence electrons. The maximum absolute atomic E-state index is 11.2. The third kappa shape index (κ3) is 11.0. The summed E-state index contributed by atoms with van der Waals surface area (Å²) < 4.78 is 10.9. The fourth-order valence-electron chi connectivity index (χ4n) is 2.72. The molecule has 1 rings (SSSR count). The summed E-state index contributed by atoms with van der Waals surface area (Å²) in [5, 5.41) is 0. The highest BCUT2D eigenvalue weighted by molar-refractivity contribution is 5.86. The van der Waals surface area contributed by atoms with Gasteiger partial charge in [0, 0.05) is 5.57 Å². The van der Waals surface area contributed by atoms with Crippen molar-refractivity contribution in [3.05, 3.63) is 42.0 Å². The molecule has 0 aliphatic heterocycles. The molecule has 26 heavy (non-hydrogen) atoms. The first-order valence-corrected chi connectivity index (χ1v) is 10.2. The summed E-state index contributed by atoms with van der Waals surface area (Å²) in [6.45, 7) is 8.76. The number of hydrogen-bond acceptors (Lipinski definition) is 3. The second-order valence-electron chi connectivity index (χ2n) is 6.99. The van der Waals surface area contributed by atoms with Gasteiger partial charge in [0.2, 0.25) is 0 Å². The molecule has 0 saturated heterocycles. The van der Waals surface area contributed by atoms with Gasteiger partial charge in [-0.3, -0.25) is 0 Å². The molecule has 3 nitrogen and oxygen atoms in total. The van der Waals surface area contributed by atoms with Crippen LogP contribution in [0.15, 0.2) is 36.4 Å². The number of ether oxygens (including phenoxy) is 2. The summed E-state index contributed by atoms with van der Waals surface area (Å²) in [6, 6.07) is 8.55. The predicted molar refractivity (Wildman–Crippen MR) is 109 cm³/mol. The molecule has 0 fully saturated rings. The number of carbonyl (C=O) groups is 1. The number of rotatable bonds is 15. The van der Waals surface area contributed by atoms with E-state index in [2.05, 4.69) is 37.8 Å².